The molecular weight excluding hydrogens is 314 g/mol. The lowest BCUT2D eigenvalue weighted by Crippen LogP contribution is -2.56. The quantitative estimate of drug-likeness (QED) is 0.536. The van der Waals surface area contributed by atoms with Gasteiger partial charge in [0.2, 0.25) is 0 Å². The number of carbonyl (C=O) groups is 1. The average Bonchev–Trinajstić information content (AvgIpc) is 3.49. The number of hydroxylamine groups is 1. The van der Waals surface area contributed by atoms with Crippen LogP contribution in [0.15, 0.2) is 54.6 Å². The Morgan fingerprint density at radius 1 is 1.08 bits per heavy atom. The Morgan fingerprint density at radius 3 is 2.20 bits per heavy atom. The molecule has 1 aliphatic rings. The zero-order valence-corrected chi connectivity index (χ0v) is 14.6. The maximum absolute atomic E-state index is 13.0. The minimum Gasteiger partial charge on any atom is -0.330 e. The van der Waals surface area contributed by atoms with Gasteiger partial charge in [0.05, 0.1) is 6.04 Å². The van der Waals surface area contributed by atoms with Crippen LogP contribution in [0.3, 0.4) is 0 Å². The molecule has 2 aromatic rings. The minimum absolute atomic E-state index is 0.00473. The molecule has 2 unspecified atom stereocenters. The molecule has 25 heavy (non-hydrogen) atoms. The molecule has 0 heterocycles. The zero-order chi connectivity index (χ0) is 17.8. The predicted molar refractivity (Wildman–Crippen MR) is 98.3 cm³/mol. The highest BCUT2D eigenvalue weighted by Crippen LogP contribution is 2.31. The highest BCUT2D eigenvalue weighted by atomic mass is 16.5. The van der Waals surface area contributed by atoms with Gasteiger partial charge in [0.25, 0.3) is 5.91 Å². The van der Waals surface area contributed by atoms with Crippen LogP contribution in [0.1, 0.15) is 30.1 Å². The highest BCUT2D eigenvalue weighted by Gasteiger charge is 2.38. The molecule has 1 aliphatic carbocycles. The van der Waals surface area contributed by atoms with E-state index < -0.39 is 0 Å². The van der Waals surface area contributed by atoms with Crippen molar-refractivity contribution in [3.8, 4) is 11.1 Å². The van der Waals surface area contributed by atoms with Crippen molar-refractivity contribution in [3.63, 3.8) is 0 Å². The summed E-state index contributed by atoms with van der Waals surface area (Å²) in [6.45, 7) is 1.94. The van der Waals surface area contributed by atoms with Gasteiger partial charge in [0, 0.05) is 11.6 Å². The van der Waals surface area contributed by atoms with Crippen LogP contribution < -0.4 is 10.8 Å². The van der Waals surface area contributed by atoms with Crippen LogP contribution in [-0.4, -0.2) is 41.3 Å². The summed E-state index contributed by atoms with van der Waals surface area (Å²) in [5.41, 5.74) is 5.14. The topological polar surface area (TPSA) is 64.6 Å². The maximum Gasteiger partial charge on any atom is 0.254 e. The van der Waals surface area contributed by atoms with E-state index in [1.807, 2.05) is 54.3 Å². The molecule has 0 spiro atoms. The number of nitrogens with one attached hydrogen (secondary N) is 2. The fourth-order valence-electron chi connectivity index (χ4n) is 3.20. The lowest BCUT2D eigenvalue weighted by Gasteiger charge is -2.34. The Kier molecular flexibility index (Phi) is 5.48. The van der Waals surface area contributed by atoms with Crippen molar-refractivity contribution >= 4 is 5.91 Å². The average molecular weight is 339 g/mol. The van der Waals surface area contributed by atoms with E-state index in [0.717, 1.165) is 24.0 Å². The number of hydrogen-bond acceptors (Lipinski definition) is 4. The third kappa shape index (κ3) is 3.90. The highest BCUT2D eigenvalue weighted by molar-refractivity contribution is 5.95. The number of carbonyl (C=O) groups excluding carboxylic acids is 1. The lowest BCUT2D eigenvalue weighted by molar-refractivity contribution is 0.0399. The van der Waals surface area contributed by atoms with Gasteiger partial charge in [-0.15, -0.1) is 0 Å². The van der Waals surface area contributed by atoms with E-state index in [9.17, 15) is 10.0 Å². The fourth-order valence-corrected chi connectivity index (χ4v) is 3.20. The van der Waals surface area contributed by atoms with Gasteiger partial charge < -0.3 is 15.4 Å². The molecule has 0 aromatic heterocycles. The number of rotatable bonds is 7. The first kappa shape index (κ1) is 17.6. The Balaban J connectivity index is 1.80. The smallest absolute Gasteiger partial charge is 0.254 e. The molecule has 1 saturated carbocycles. The Bertz CT molecular complexity index is 695. The molecule has 3 rings (SSSR count). The van der Waals surface area contributed by atoms with Crippen molar-refractivity contribution in [2.75, 3.05) is 7.05 Å². The predicted octanol–water partition coefficient (Wildman–Crippen LogP) is 2.87. The van der Waals surface area contributed by atoms with E-state index in [1.165, 1.54) is 0 Å². The van der Waals surface area contributed by atoms with E-state index in [4.69, 9.17) is 0 Å². The molecule has 1 fully saturated rings. The second-order valence-electron chi connectivity index (χ2n) is 6.52. The van der Waals surface area contributed by atoms with Crippen LogP contribution in [-0.2, 0) is 0 Å². The van der Waals surface area contributed by atoms with Crippen molar-refractivity contribution < 1.29 is 10.0 Å². The van der Waals surface area contributed by atoms with Gasteiger partial charge in [0.1, 0.15) is 6.17 Å². The Hall–Kier alpha value is -2.21. The molecule has 0 bridgehead atoms. The summed E-state index contributed by atoms with van der Waals surface area (Å²) < 4.78 is 0. The van der Waals surface area contributed by atoms with Gasteiger partial charge in [-0.2, -0.15) is 5.48 Å². The molecule has 132 valence electrons. The van der Waals surface area contributed by atoms with Crippen LogP contribution in [0.5, 0.6) is 0 Å². The summed E-state index contributed by atoms with van der Waals surface area (Å²) in [6, 6.07) is 17.9. The van der Waals surface area contributed by atoms with Crippen LogP contribution in [0, 0.1) is 0 Å². The normalized spacial score (nSPS) is 16.3. The van der Waals surface area contributed by atoms with Crippen molar-refractivity contribution in [2.45, 2.75) is 38.0 Å². The van der Waals surface area contributed by atoms with Gasteiger partial charge in [-0.1, -0.05) is 42.5 Å². The number of hydrogen-bond donors (Lipinski definition) is 3. The van der Waals surface area contributed by atoms with Gasteiger partial charge >= 0.3 is 0 Å². The van der Waals surface area contributed by atoms with E-state index in [0.29, 0.717) is 5.56 Å². The summed E-state index contributed by atoms with van der Waals surface area (Å²) in [5, 5.41) is 12.3. The van der Waals surface area contributed by atoms with Crippen molar-refractivity contribution in [2.24, 2.45) is 0 Å². The van der Waals surface area contributed by atoms with Crippen LogP contribution in [0.25, 0.3) is 11.1 Å². The lowest BCUT2D eigenvalue weighted by atomic mass is 10.0. The first-order valence-corrected chi connectivity index (χ1v) is 8.70. The number of nitrogens with zero attached hydrogens (tertiary/aromatic N) is 1. The SMILES string of the molecule is CNC(NO)C(C)N(C(=O)c1ccc(-c2ccccc2)cc1)C1CC1. The van der Waals surface area contributed by atoms with Crippen LogP contribution >= 0.6 is 0 Å². The third-order valence-electron chi connectivity index (χ3n) is 4.79. The summed E-state index contributed by atoms with van der Waals surface area (Å²) >= 11 is 0. The Morgan fingerprint density at radius 2 is 1.68 bits per heavy atom. The molecule has 2 aromatic carbocycles. The van der Waals surface area contributed by atoms with Gasteiger partial charge in [-0.05, 0) is 50.1 Å². The first-order valence-electron chi connectivity index (χ1n) is 8.70. The molecule has 0 saturated heterocycles. The Labute approximate surface area is 148 Å². The summed E-state index contributed by atoms with van der Waals surface area (Å²) in [6.07, 6.45) is 1.66. The van der Waals surface area contributed by atoms with E-state index in [1.54, 1.807) is 7.05 Å². The second-order valence-corrected chi connectivity index (χ2v) is 6.52. The van der Waals surface area contributed by atoms with Gasteiger partial charge in [0.15, 0.2) is 0 Å². The van der Waals surface area contributed by atoms with Gasteiger partial charge in [-0.3, -0.25) is 4.79 Å². The summed E-state index contributed by atoms with van der Waals surface area (Å²) in [7, 11) is 1.76. The van der Waals surface area contributed by atoms with Crippen LogP contribution in [0.2, 0.25) is 0 Å². The third-order valence-corrected chi connectivity index (χ3v) is 4.79. The van der Waals surface area contributed by atoms with Crippen LogP contribution in [0.4, 0.5) is 0 Å². The molecule has 2 atom stereocenters. The minimum atomic E-state index is -0.367. The number of amides is 1. The first-order chi connectivity index (χ1) is 12.2. The molecule has 5 nitrogen and oxygen atoms in total. The second kappa shape index (κ2) is 7.78. The standard InChI is InChI=1S/C20H25N3O2/c1-14(19(21-2)22-25)23(18-12-13-18)20(24)17-10-8-16(9-11-17)15-6-4-3-5-7-15/h3-11,14,18-19,21-22,25H,12-13H2,1-2H3. The molecule has 5 heteroatoms. The fraction of sp³-hybridized carbons (Fsp3) is 0.350. The van der Waals surface area contributed by atoms with Crippen molar-refractivity contribution in [1.29, 1.82) is 0 Å². The maximum atomic E-state index is 13.0. The number of benzene rings is 2. The van der Waals surface area contributed by atoms with Gasteiger partial charge in [-0.25, -0.2) is 0 Å². The molecule has 3 N–H and O–H groups in total. The largest absolute Gasteiger partial charge is 0.330 e. The van der Waals surface area contributed by atoms with E-state index in [2.05, 4.69) is 22.9 Å². The van der Waals surface area contributed by atoms with E-state index >= 15 is 0 Å². The summed E-state index contributed by atoms with van der Waals surface area (Å²) in [4.78, 5) is 14.9. The van der Waals surface area contributed by atoms with Crippen molar-refractivity contribution in [1.82, 2.24) is 15.7 Å². The molecule has 0 radical (unpaired) electrons. The number of likely N-dealkylation sites (N-methyl/N-ethyl adjacent to an activating group) is 1. The molecular formula is C20H25N3O2. The zero-order valence-electron chi connectivity index (χ0n) is 14.6. The summed E-state index contributed by atoms with van der Waals surface area (Å²) in [5.74, 6) is 0.00473. The monoisotopic (exact) mass is 339 g/mol. The van der Waals surface area contributed by atoms with Crippen molar-refractivity contribution in [3.05, 3.63) is 60.2 Å². The van der Waals surface area contributed by atoms with E-state index in [-0.39, 0.29) is 24.2 Å². The molecule has 1 amide bonds. The molecule has 0 aliphatic heterocycles.